The maximum Gasteiger partial charge on any atom is 0.407 e. The van der Waals surface area contributed by atoms with E-state index in [1.807, 2.05) is 26.8 Å². The molecule has 0 saturated carbocycles. The van der Waals surface area contributed by atoms with Gasteiger partial charge in [0.05, 0.1) is 3.79 Å². The fraction of sp³-hybridized carbons (Fsp3) is 0.643. The molecule has 0 radical (unpaired) electrons. The summed E-state index contributed by atoms with van der Waals surface area (Å²) >= 11 is 5.17. The predicted octanol–water partition coefficient (Wildman–Crippen LogP) is 3.90. The molecule has 20 heavy (non-hydrogen) atoms. The monoisotopic (exact) mass is 362 g/mol. The van der Waals surface area contributed by atoms with Crippen molar-refractivity contribution in [2.45, 2.75) is 52.3 Å². The average Bonchev–Trinajstić information content (AvgIpc) is 2.73. The van der Waals surface area contributed by atoms with Gasteiger partial charge in [0.1, 0.15) is 5.60 Å². The molecule has 0 bridgehead atoms. The van der Waals surface area contributed by atoms with Crippen LogP contribution in [0.4, 0.5) is 4.79 Å². The Morgan fingerprint density at radius 1 is 1.45 bits per heavy atom. The topological polar surface area (TPSA) is 50.4 Å². The highest BCUT2D eigenvalue weighted by molar-refractivity contribution is 9.11. The van der Waals surface area contributed by atoms with Crippen molar-refractivity contribution in [3.05, 3.63) is 20.8 Å². The number of halogens is 1. The zero-order valence-corrected chi connectivity index (χ0v) is 14.9. The lowest BCUT2D eigenvalue weighted by molar-refractivity contribution is 0.0522. The summed E-state index contributed by atoms with van der Waals surface area (Å²) in [7, 11) is 0. The minimum atomic E-state index is -0.456. The van der Waals surface area contributed by atoms with Gasteiger partial charge in [-0.1, -0.05) is 6.92 Å². The van der Waals surface area contributed by atoms with Gasteiger partial charge in [-0.15, -0.1) is 11.3 Å². The van der Waals surface area contributed by atoms with Gasteiger partial charge in [-0.05, 0) is 55.3 Å². The number of thiophene rings is 1. The zero-order valence-electron chi connectivity index (χ0n) is 12.5. The molecule has 6 heteroatoms. The van der Waals surface area contributed by atoms with Crippen molar-refractivity contribution in [2.24, 2.45) is 0 Å². The lowest BCUT2D eigenvalue weighted by Crippen LogP contribution is -2.42. The summed E-state index contributed by atoms with van der Waals surface area (Å²) in [5.74, 6) is 0. The van der Waals surface area contributed by atoms with Crippen LogP contribution in [0.3, 0.4) is 0 Å². The molecule has 1 atom stereocenters. The summed E-state index contributed by atoms with van der Waals surface area (Å²) in [4.78, 5) is 12.9. The Hall–Kier alpha value is -0.590. The first-order valence-corrected chi connectivity index (χ1v) is 8.35. The number of carbonyl (C=O) groups excluding carboxylic acids is 1. The van der Waals surface area contributed by atoms with E-state index in [1.54, 1.807) is 11.3 Å². The summed E-state index contributed by atoms with van der Waals surface area (Å²) in [5, 5.41) is 6.24. The minimum Gasteiger partial charge on any atom is -0.444 e. The molecule has 1 amide bonds. The van der Waals surface area contributed by atoms with Crippen molar-refractivity contribution < 1.29 is 9.53 Å². The molecule has 1 unspecified atom stereocenters. The van der Waals surface area contributed by atoms with Crippen molar-refractivity contribution in [2.75, 3.05) is 6.54 Å². The molecule has 1 rings (SSSR count). The van der Waals surface area contributed by atoms with E-state index in [-0.39, 0.29) is 12.1 Å². The number of amides is 1. The molecule has 0 aliphatic rings. The van der Waals surface area contributed by atoms with Crippen LogP contribution >= 0.6 is 27.3 Å². The minimum absolute atomic E-state index is 0.239. The summed E-state index contributed by atoms with van der Waals surface area (Å²) in [6, 6.07) is 4.38. The van der Waals surface area contributed by atoms with Crippen molar-refractivity contribution in [3.63, 3.8) is 0 Å². The Balaban J connectivity index is 2.30. The number of ether oxygens (including phenoxy) is 1. The van der Waals surface area contributed by atoms with E-state index in [9.17, 15) is 4.79 Å². The van der Waals surface area contributed by atoms with Crippen LogP contribution in [0.5, 0.6) is 0 Å². The van der Waals surface area contributed by atoms with Gasteiger partial charge >= 0.3 is 6.09 Å². The van der Waals surface area contributed by atoms with Gasteiger partial charge in [0.2, 0.25) is 0 Å². The van der Waals surface area contributed by atoms with Gasteiger partial charge in [0, 0.05) is 24.0 Å². The van der Waals surface area contributed by atoms with Crippen molar-refractivity contribution >= 4 is 33.4 Å². The quantitative estimate of drug-likeness (QED) is 0.806. The third-order valence-electron chi connectivity index (χ3n) is 2.58. The molecule has 0 fully saturated rings. The molecule has 0 spiro atoms. The number of rotatable bonds is 6. The van der Waals surface area contributed by atoms with Crippen LogP contribution in [-0.2, 0) is 11.3 Å². The number of hydrogen-bond donors (Lipinski definition) is 2. The summed E-state index contributed by atoms with van der Waals surface area (Å²) in [5.41, 5.74) is -0.456. The van der Waals surface area contributed by atoms with Gasteiger partial charge < -0.3 is 15.4 Å². The van der Waals surface area contributed by atoms with Crippen LogP contribution in [0.1, 0.15) is 39.0 Å². The second kappa shape index (κ2) is 8.00. The van der Waals surface area contributed by atoms with Crippen LogP contribution in [0.25, 0.3) is 0 Å². The first kappa shape index (κ1) is 17.5. The SMILES string of the molecule is CCC(CNC(=O)OC(C)(C)C)NCc1ccc(Br)s1. The molecule has 0 aromatic carbocycles. The summed E-state index contributed by atoms with van der Waals surface area (Å²) in [6.07, 6.45) is 0.583. The lowest BCUT2D eigenvalue weighted by atomic mass is 10.2. The Labute approximate surface area is 133 Å². The average molecular weight is 363 g/mol. The predicted molar refractivity (Wildman–Crippen MR) is 87.2 cm³/mol. The van der Waals surface area contributed by atoms with Crippen LogP contribution in [0.2, 0.25) is 0 Å². The van der Waals surface area contributed by atoms with Gasteiger partial charge in [-0.25, -0.2) is 4.79 Å². The molecule has 1 heterocycles. The fourth-order valence-electron chi connectivity index (χ4n) is 1.57. The normalized spacial score (nSPS) is 13.1. The van der Waals surface area contributed by atoms with Crippen LogP contribution < -0.4 is 10.6 Å². The number of hydrogen-bond acceptors (Lipinski definition) is 4. The molecule has 1 aromatic rings. The van der Waals surface area contributed by atoms with E-state index in [0.717, 1.165) is 16.8 Å². The molecule has 0 saturated heterocycles. The molecule has 114 valence electrons. The van der Waals surface area contributed by atoms with Crippen molar-refractivity contribution in [1.82, 2.24) is 10.6 Å². The first-order valence-electron chi connectivity index (χ1n) is 6.74. The van der Waals surface area contributed by atoms with E-state index < -0.39 is 5.60 Å². The van der Waals surface area contributed by atoms with E-state index in [1.165, 1.54) is 4.88 Å². The van der Waals surface area contributed by atoms with Crippen molar-refractivity contribution in [3.8, 4) is 0 Å². The second-order valence-corrected chi connectivity index (χ2v) is 8.12. The van der Waals surface area contributed by atoms with E-state index in [4.69, 9.17) is 4.74 Å². The van der Waals surface area contributed by atoms with Crippen molar-refractivity contribution in [1.29, 1.82) is 0 Å². The Kier molecular flexibility index (Phi) is 6.99. The van der Waals surface area contributed by atoms with Gasteiger partial charge in [-0.2, -0.15) is 0 Å². The Bertz CT molecular complexity index is 429. The third-order valence-corrected chi connectivity index (χ3v) is 4.20. The molecule has 0 aliphatic heterocycles. The Morgan fingerprint density at radius 3 is 2.65 bits per heavy atom. The summed E-state index contributed by atoms with van der Waals surface area (Å²) in [6.45, 7) is 9.05. The standard InChI is InChI=1S/C14H23BrN2O2S/c1-5-10(8-17-13(18)19-14(2,3)4)16-9-11-6-7-12(15)20-11/h6-7,10,16H,5,8-9H2,1-4H3,(H,17,18). The first-order chi connectivity index (χ1) is 9.30. The second-order valence-electron chi connectivity index (χ2n) is 5.57. The lowest BCUT2D eigenvalue weighted by Gasteiger charge is -2.22. The van der Waals surface area contributed by atoms with Gasteiger partial charge in [0.25, 0.3) is 0 Å². The molecule has 4 nitrogen and oxygen atoms in total. The maximum absolute atomic E-state index is 11.6. The number of alkyl carbamates (subject to hydrolysis) is 1. The van der Waals surface area contributed by atoms with E-state index >= 15 is 0 Å². The van der Waals surface area contributed by atoms with E-state index in [2.05, 4.69) is 39.6 Å². The van der Waals surface area contributed by atoms with Crippen LogP contribution in [-0.4, -0.2) is 24.3 Å². The van der Waals surface area contributed by atoms with Crippen LogP contribution in [0, 0.1) is 0 Å². The molecular formula is C14H23BrN2O2S. The van der Waals surface area contributed by atoms with Gasteiger partial charge in [0.15, 0.2) is 0 Å². The largest absolute Gasteiger partial charge is 0.444 e. The maximum atomic E-state index is 11.6. The highest BCUT2D eigenvalue weighted by Gasteiger charge is 2.16. The third kappa shape index (κ3) is 7.26. The molecule has 1 aromatic heterocycles. The summed E-state index contributed by atoms with van der Waals surface area (Å²) < 4.78 is 6.35. The molecule has 2 N–H and O–H groups in total. The number of carbonyl (C=O) groups is 1. The highest BCUT2D eigenvalue weighted by Crippen LogP contribution is 2.21. The van der Waals surface area contributed by atoms with Gasteiger partial charge in [-0.3, -0.25) is 0 Å². The molecule has 0 aliphatic carbocycles. The highest BCUT2D eigenvalue weighted by atomic mass is 79.9. The van der Waals surface area contributed by atoms with Crippen LogP contribution in [0.15, 0.2) is 15.9 Å². The number of nitrogens with one attached hydrogen (secondary N) is 2. The van der Waals surface area contributed by atoms with E-state index in [0.29, 0.717) is 6.54 Å². The molecular weight excluding hydrogens is 340 g/mol. The zero-order chi connectivity index (χ0) is 15.2. The fourth-order valence-corrected chi connectivity index (χ4v) is 3.01. The Morgan fingerprint density at radius 2 is 2.15 bits per heavy atom. The smallest absolute Gasteiger partial charge is 0.407 e.